The van der Waals surface area contributed by atoms with Crippen molar-refractivity contribution in [3.05, 3.63) is 59.7 Å². The number of para-hydroxylation sites is 2. The average molecular weight is 432 g/mol. The zero-order valence-corrected chi connectivity index (χ0v) is 16.4. The molecule has 0 aromatic heterocycles. The first-order chi connectivity index (χ1) is 14.4. The van der Waals surface area contributed by atoms with E-state index in [0.29, 0.717) is 28.6 Å². The number of benzene rings is 2. The number of nitrogens with zero attached hydrogens (tertiary/aromatic N) is 4. The van der Waals surface area contributed by atoms with Crippen LogP contribution in [0.5, 0.6) is 5.75 Å². The summed E-state index contributed by atoms with van der Waals surface area (Å²) >= 11 is 1.17. The number of rotatable bonds is 4. The fraction of sp³-hybridized carbons (Fsp3) is 0.200. The number of carbonyl (C=O) groups is 1. The summed E-state index contributed by atoms with van der Waals surface area (Å²) in [6.07, 6.45) is -2.90. The summed E-state index contributed by atoms with van der Waals surface area (Å²) in [5.74, 6) is 0.240. The summed E-state index contributed by atoms with van der Waals surface area (Å²) < 4.78 is 43.4. The van der Waals surface area contributed by atoms with Crippen molar-refractivity contribution in [2.75, 3.05) is 12.1 Å². The number of hydrazone groups is 1. The number of ether oxygens (including phenoxy) is 1. The molecule has 0 fully saturated rings. The number of fused-ring (bicyclic) bond motifs is 1. The lowest BCUT2D eigenvalue weighted by atomic mass is 10.1. The van der Waals surface area contributed by atoms with Gasteiger partial charge in [0, 0.05) is 12.0 Å². The highest BCUT2D eigenvalue weighted by molar-refractivity contribution is 8.13. The molecule has 2 aliphatic rings. The first-order valence-corrected chi connectivity index (χ1v) is 9.82. The molecule has 2 aromatic carbocycles. The van der Waals surface area contributed by atoms with Gasteiger partial charge in [-0.05, 0) is 29.8 Å². The number of hydrogen-bond donors (Lipinski definition) is 0. The van der Waals surface area contributed by atoms with E-state index in [1.807, 2.05) is 12.1 Å². The maximum atomic E-state index is 12.7. The van der Waals surface area contributed by atoms with Gasteiger partial charge >= 0.3 is 6.18 Å². The predicted molar refractivity (Wildman–Crippen MR) is 110 cm³/mol. The van der Waals surface area contributed by atoms with Crippen LogP contribution in [0.15, 0.2) is 63.6 Å². The van der Waals surface area contributed by atoms with Crippen LogP contribution in [0.4, 0.5) is 18.9 Å². The first kappa shape index (κ1) is 20.1. The molecule has 0 spiro atoms. The van der Waals surface area contributed by atoms with Crippen molar-refractivity contribution >= 4 is 40.6 Å². The summed E-state index contributed by atoms with van der Waals surface area (Å²) in [4.78, 5) is 20.9. The van der Waals surface area contributed by atoms with Crippen molar-refractivity contribution in [1.82, 2.24) is 0 Å². The van der Waals surface area contributed by atoms with Gasteiger partial charge in [0.1, 0.15) is 17.4 Å². The highest BCUT2D eigenvalue weighted by atomic mass is 32.2. The molecule has 1 atom stereocenters. The van der Waals surface area contributed by atoms with Gasteiger partial charge in [-0.25, -0.2) is 10.0 Å². The molecule has 2 aliphatic heterocycles. The minimum Gasteiger partial charge on any atom is -0.494 e. The largest absolute Gasteiger partial charge is 0.494 e. The predicted octanol–water partition coefficient (Wildman–Crippen LogP) is 4.36. The van der Waals surface area contributed by atoms with Gasteiger partial charge in [0.25, 0.3) is 5.91 Å². The number of amidine groups is 2. The summed E-state index contributed by atoms with van der Waals surface area (Å²) in [5, 5.41) is 6.05. The van der Waals surface area contributed by atoms with Gasteiger partial charge in [0.05, 0.1) is 12.7 Å². The van der Waals surface area contributed by atoms with Gasteiger partial charge < -0.3 is 4.74 Å². The molecule has 0 saturated carbocycles. The van der Waals surface area contributed by atoms with Crippen LogP contribution in [-0.2, 0) is 16.7 Å². The first-order valence-electron chi connectivity index (χ1n) is 8.84. The van der Waals surface area contributed by atoms with E-state index in [1.165, 1.54) is 42.2 Å². The number of anilines is 1. The fourth-order valence-corrected chi connectivity index (χ4v) is 3.76. The van der Waals surface area contributed by atoms with Crippen molar-refractivity contribution in [2.45, 2.75) is 11.9 Å². The fourth-order valence-electron chi connectivity index (χ4n) is 2.96. The quantitative estimate of drug-likeness (QED) is 0.720. The van der Waals surface area contributed by atoms with E-state index in [-0.39, 0.29) is 5.17 Å². The van der Waals surface area contributed by atoms with E-state index in [0.717, 1.165) is 12.1 Å². The van der Waals surface area contributed by atoms with Crippen molar-refractivity contribution < 1.29 is 22.7 Å². The van der Waals surface area contributed by atoms with Crippen molar-refractivity contribution in [3.63, 3.8) is 0 Å². The third kappa shape index (κ3) is 3.95. The van der Waals surface area contributed by atoms with Gasteiger partial charge in [-0.1, -0.05) is 36.0 Å². The zero-order valence-electron chi connectivity index (χ0n) is 15.6. The number of thioether (sulfide) groups is 1. The van der Waals surface area contributed by atoms with Crippen molar-refractivity contribution in [3.8, 4) is 5.75 Å². The number of hydrogen-bond acceptors (Lipinski definition) is 6. The molecule has 0 N–H and O–H groups in total. The van der Waals surface area contributed by atoms with Crippen molar-refractivity contribution in [1.29, 1.82) is 0 Å². The number of carbonyl (C=O) groups excluding carboxylic acids is 1. The van der Waals surface area contributed by atoms with E-state index in [2.05, 4.69) is 15.1 Å². The molecule has 0 saturated heterocycles. The van der Waals surface area contributed by atoms with Gasteiger partial charge in [0.15, 0.2) is 11.0 Å². The number of amides is 1. The van der Waals surface area contributed by atoms with Crippen LogP contribution in [0.2, 0.25) is 0 Å². The van der Waals surface area contributed by atoms with Crippen LogP contribution in [0.1, 0.15) is 11.1 Å². The zero-order chi connectivity index (χ0) is 21.3. The standard InChI is InChI=1S/C20H15F3N4O2S/c1-29-16-5-3-2-4-15(16)27-17-14(10-24-27)18(28)26-19(25-17)30-11-12-6-8-13(9-7-12)20(21,22)23/h2-10,14H,11H2,1H3. The Balaban J connectivity index is 1.52. The molecule has 2 heterocycles. The third-order valence-corrected chi connectivity index (χ3v) is 5.39. The monoisotopic (exact) mass is 432 g/mol. The number of methoxy groups -OCH3 is 1. The van der Waals surface area contributed by atoms with Crippen molar-refractivity contribution in [2.24, 2.45) is 21.0 Å². The molecule has 1 unspecified atom stereocenters. The molecule has 1 amide bonds. The molecular weight excluding hydrogens is 417 g/mol. The Morgan fingerprint density at radius 3 is 2.53 bits per heavy atom. The van der Waals surface area contributed by atoms with Gasteiger partial charge in [-0.15, -0.1) is 0 Å². The lowest BCUT2D eigenvalue weighted by Gasteiger charge is -2.21. The SMILES string of the molecule is COc1ccccc1N1N=CC2C(=O)N=C(SCc3ccc(C(F)(F)F)cc3)N=C21. The highest BCUT2D eigenvalue weighted by Crippen LogP contribution is 2.34. The molecule has 0 radical (unpaired) electrons. The second-order valence-electron chi connectivity index (χ2n) is 6.41. The Kier molecular flexibility index (Phi) is 5.33. The Hall–Kier alpha value is -3.14. The molecule has 2 aromatic rings. The van der Waals surface area contributed by atoms with Crippen LogP contribution in [0.3, 0.4) is 0 Å². The number of alkyl halides is 3. The van der Waals surface area contributed by atoms with Gasteiger partial charge in [-0.2, -0.15) is 23.3 Å². The minimum atomic E-state index is -4.38. The lowest BCUT2D eigenvalue weighted by Crippen LogP contribution is -2.34. The smallest absolute Gasteiger partial charge is 0.416 e. The summed E-state index contributed by atoms with van der Waals surface area (Å²) in [7, 11) is 1.54. The highest BCUT2D eigenvalue weighted by Gasteiger charge is 2.37. The Bertz CT molecular complexity index is 1060. The van der Waals surface area contributed by atoms with E-state index in [9.17, 15) is 18.0 Å². The molecule has 4 rings (SSSR count). The Labute approximate surface area is 174 Å². The maximum Gasteiger partial charge on any atom is 0.416 e. The minimum absolute atomic E-state index is 0.233. The Morgan fingerprint density at radius 1 is 1.10 bits per heavy atom. The van der Waals surface area contributed by atoms with Crippen LogP contribution >= 0.6 is 11.8 Å². The molecular formula is C20H15F3N4O2S. The summed E-state index contributed by atoms with van der Waals surface area (Å²) in [6, 6.07) is 12.1. The lowest BCUT2D eigenvalue weighted by molar-refractivity contribution is -0.137. The summed E-state index contributed by atoms with van der Waals surface area (Å²) in [5.41, 5.74) is 0.592. The summed E-state index contributed by atoms with van der Waals surface area (Å²) in [6.45, 7) is 0. The van der Waals surface area contributed by atoms with Crippen LogP contribution in [0, 0.1) is 5.92 Å². The van der Waals surface area contributed by atoms with Gasteiger partial charge in [0.2, 0.25) is 0 Å². The van der Waals surface area contributed by atoms with Crippen LogP contribution in [-0.4, -0.2) is 30.2 Å². The maximum absolute atomic E-state index is 12.7. The number of aliphatic imine (C=N–C) groups is 2. The topological polar surface area (TPSA) is 66.6 Å². The normalized spacial score (nSPS) is 18.2. The third-order valence-electron chi connectivity index (χ3n) is 4.47. The van der Waals surface area contributed by atoms with E-state index >= 15 is 0 Å². The second-order valence-corrected chi connectivity index (χ2v) is 7.35. The van der Waals surface area contributed by atoms with E-state index in [4.69, 9.17) is 4.74 Å². The van der Waals surface area contributed by atoms with Crippen LogP contribution < -0.4 is 9.75 Å². The van der Waals surface area contributed by atoms with E-state index < -0.39 is 23.6 Å². The molecule has 0 bridgehead atoms. The number of halogens is 3. The Morgan fingerprint density at radius 2 is 1.83 bits per heavy atom. The molecule has 154 valence electrons. The van der Waals surface area contributed by atoms with Gasteiger partial charge in [-0.3, -0.25) is 4.79 Å². The molecule has 10 heteroatoms. The average Bonchev–Trinajstić information content (AvgIpc) is 3.16. The molecule has 30 heavy (non-hydrogen) atoms. The molecule has 6 nitrogen and oxygen atoms in total. The van der Waals surface area contributed by atoms with E-state index in [1.54, 1.807) is 12.1 Å². The second kappa shape index (κ2) is 7.94. The molecule has 0 aliphatic carbocycles. The van der Waals surface area contributed by atoms with Crippen LogP contribution in [0.25, 0.3) is 0 Å².